The van der Waals surface area contributed by atoms with Crippen molar-refractivity contribution in [3.8, 4) is 0 Å². The summed E-state index contributed by atoms with van der Waals surface area (Å²) in [4.78, 5) is 13.3. The summed E-state index contributed by atoms with van der Waals surface area (Å²) in [7, 11) is 0. The quantitative estimate of drug-likeness (QED) is 0.321. The molecule has 0 saturated carbocycles. The first-order valence-corrected chi connectivity index (χ1v) is 2.66. The van der Waals surface area contributed by atoms with E-state index in [1.807, 2.05) is 5.32 Å². The van der Waals surface area contributed by atoms with Gasteiger partial charge in [0.1, 0.15) is 6.73 Å². The Morgan fingerprint density at radius 2 is 2.50 bits per heavy atom. The molecule has 5 heteroatoms. The van der Waals surface area contributed by atoms with E-state index >= 15 is 0 Å². The van der Waals surface area contributed by atoms with Gasteiger partial charge in [-0.25, -0.2) is 11.4 Å². The number of aliphatic hydroxyl groups excluding tert-OH is 1. The summed E-state index contributed by atoms with van der Waals surface area (Å²) in [6.07, 6.45) is -0.703. The van der Waals surface area contributed by atoms with Gasteiger partial charge >= 0.3 is 6.09 Å². The molecular formula is C5H8N2O3. The van der Waals surface area contributed by atoms with Crippen molar-refractivity contribution in [2.75, 3.05) is 19.9 Å². The highest BCUT2D eigenvalue weighted by molar-refractivity contribution is 5.66. The van der Waals surface area contributed by atoms with Crippen LogP contribution in [0.2, 0.25) is 0 Å². The van der Waals surface area contributed by atoms with E-state index in [2.05, 4.69) is 9.58 Å². The molecule has 1 amide bonds. The van der Waals surface area contributed by atoms with Crippen molar-refractivity contribution < 1.29 is 14.6 Å². The lowest BCUT2D eigenvalue weighted by atomic mass is 10.7. The fourth-order valence-electron chi connectivity index (χ4n) is 0.300. The second kappa shape index (κ2) is 5.85. The van der Waals surface area contributed by atoms with Crippen LogP contribution in [0.25, 0.3) is 4.85 Å². The third kappa shape index (κ3) is 4.87. The third-order valence-corrected chi connectivity index (χ3v) is 0.660. The molecule has 0 spiro atoms. The Bertz CT molecular complexity index is 140. The maximum Gasteiger partial charge on any atom is 0.409 e. The van der Waals surface area contributed by atoms with E-state index in [0.717, 1.165) is 0 Å². The van der Waals surface area contributed by atoms with Crippen LogP contribution in [0.5, 0.6) is 0 Å². The molecule has 0 aromatic heterocycles. The molecule has 0 fully saturated rings. The van der Waals surface area contributed by atoms with Gasteiger partial charge in [-0.05, 0) is 0 Å². The zero-order valence-corrected chi connectivity index (χ0v) is 5.33. The smallest absolute Gasteiger partial charge is 0.409 e. The van der Waals surface area contributed by atoms with E-state index in [4.69, 9.17) is 11.7 Å². The lowest BCUT2D eigenvalue weighted by Gasteiger charge is -1.99. The van der Waals surface area contributed by atoms with Crippen LogP contribution in [0.4, 0.5) is 4.79 Å². The number of rotatable bonds is 3. The SMILES string of the molecule is [C-]#[N+]CCOC(=O)NCO. The van der Waals surface area contributed by atoms with Crippen molar-refractivity contribution in [3.05, 3.63) is 11.4 Å². The minimum absolute atomic E-state index is 0.0648. The van der Waals surface area contributed by atoms with E-state index in [0.29, 0.717) is 0 Å². The van der Waals surface area contributed by atoms with Crippen LogP contribution in [0.15, 0.2) is 0 Å². The first-order chi connectivity index (χ1) is 4.81. The number of ether oxygens (including phenoxy) is 1. The standard InChI is InChI=1S/C5H8N2O3/c1-6-2-3-10-5(9)7-4-8/h8H,2-4H2,(H,7,9). The van der Waals surface area contributed by atoms with Gasteiger partial charge in [0.2, 0.25) is 6.54 Å². The van der Waals surface area contributed by atoms with Gasteiger partial charge in [-0.15, -0.1) is 0 Å². The molecule has 0 atom stereocenters. The van der Waals surface area contributed by atoms with Gasteiger partial charge in [0.05, 0.1) is 0 Å². The zero-order chi connectivity index (χ0) is 7.82. The Labute approximate surface area is 58.4 Å². The van der Waals surface area contributed by atoms with Crippen LogP contribution in [0.3, 0.4) is 0 Å². The maximum atomic E-state index is 10.3. The average Bonchev–Trinajstić information content (AvgIpc) is 1.89. The van der Waals surface area contributed by atoms with Crippen LogP contribution >= 0.6 is 0 Å². The van der Waals surface area contributed by atoms with Gasteiger partial charge in [-0.2, -0.15) is 0 Å². The molecule has 0 aromatic carbocycles. The lowest BCUT2D eigenvalue weighted by molar-refractivity contribution is 0.138. The molecule has 0 aliphatic carbocycles. The summed E-state index contributed by atoms with van der Waals surface area (Å²) in [6.45, 7) is 6.08. The predicted molar refractivity (Wildman–Crippen MR) is 33.0 cm³/mol. The minimum Gasteiger partial charge on any atom is -0.442 e. The number of carbonyl (C=O) groups is 1. The van der Waals surface area contributed by atoms with Crippen molar-refractivity contribution in [2.24, 2.45) is 0 Å². The van der Waals surface area contributed by atoms with Crippen LogP contribution in [0.1, 0.15) is 0 Å². The van der Waals surface area contributed by atoms with Gasteiger partial charge in [0.15, 0.2) is 6.61 Å². The third-order valence-electron chi connectivity index (χ3n) is 0.660. The molecule has 0 aliphatic heterocycles. The molecule has 0 saturated heterocycles. The monoisotopic (exact) mass is 144 g/mol. The number of hydrogen-bond acceptors (Lipinski definition) is 3. The fourth-order valence-corrected chi connectivity index (χ4v) is 0.300. The number of carbonyl (C=O) groups excluding carboxylic acids is 1. The maximum absolute atomic E-state index is 10.3. The number of alkyl carbamates (subject to hydrolysis) is 1. The van der Waals surface area contributed by atoms with E-state index in [1.54, 1.807) is 0 Å². The van der Waals surface area contributed by atoms with Crippen LogP contribution < -0.4 is 5.32 Å². The second-order valence-electron chi connectivity index (χ2n) is 1.35. The van der Waals surface area contributed by atoms with E-state index in [-0.39, 0.29) is 13.2 Å². The highest BCUT2D eigenvalue weighted by Crippen LogP contribution is 1.76. The number of amides is 1. The van der Waals surface area contributed by atoms with Gasteiger partial charge < -0.3 is 14.7 Å². The first-order valence-electron chi connectivity index (χ1n) is 2.66. The summed E-state index contributed by atoms with van der Waals surface area (Å²) in [5, 5.41) is 10.1. The molecule has 0 radical (unpaired) electrons. The van der Waals surface area contributed by atoms with Crippen molar-refractivity contribution in [1.29, 1.82) is 0 Å². The van der Waals surface area contributed by atoms with Crippen LogP contribution in [0, 0.1) is 6.57 Å². The first kappa shape index (κ1) is 8.72. The molecule has 10 heavy (non-hydrogen) atoms. The molecule has 0 unspecified atom stereocenters. The molecule has 0 bridgehead atoms. The number of hydrogen-bond donors (Lipinski definition) is 2. The topological polar surface area (TPSA) is 62.9 Å². The molecule has 56 valence electrons. The van der Waals surface area contributed by atoms with Crippen LogP contribution in [-0.4, -0.2) is 31.1 Å². The summed E-state index contributed by atoms with van der Waals surface area (Å²) in [5.74, 6) is 0. The molecule has 0 rings (SSSR count). The highest BCUT2D eigenvalue weighted by atomic mass is 16.5. The Kier molecular flexibility index (Phi) is 5.10. The van der Waals surface area contributed by atoms with Gasteiger partial charge in [-0.1, -0.05) is 0 Å². The zero-order valence-electron chi connectivity index (χ0n) is 5.33. The van der Waals surface area contributed by atoms with Crippen molar-refractivity contribution in [1.82, 2.24) is 5.32 Å². The second-order valence-corrected chi connectivity index (χ2v) is 1.35. The Hall–Kier alpha value is -1.28. The number of nitrogens with zero attached hydrogens (tertiary/aromatic N) is 1. The summed E-state index contributed by atoms with van der Waals surface area (Å²) < 4.78 is 4.40. The van der Waals surface area contributed by atoms with E-state index < -0.39 is 12.8 Å². The summed E-state index contributed by atoms with van der Waals surface area (Å²) in [5.41, 5.74) is 0. The Morgan fingerprint density at radius 3 is 3.00 bits per heavy atom. The summed E-state index contributed by atoms with van der Waals surface area (Å²) >= 11 is 0. The molecule has 2 N–H and O–H groups in total. The Balaban J connectivity index is 3.15. The Morgan fingerprint density at radius 1 is 1.80 bits per heavy atom. The minimum atomic E-state index is -0.703. The van der Waals surface area contributed by atoms with Gasteiger partial charge in [0, 0.05) is 0 Å². The number of nitrogens with one attached hydrogen (secondary N) is 1. The molecular weight excluding hydrogens is 136 g/mol. The predicted octanol–water partition coefficient (Wildman–Crippen LogP) is -0.418. The van der Waals surface area contributed by atoms with E-state index in [9.17, 15) is 4.79 Å². The molecule has 0 aliphatic rings. The van der Waals surface area contributed by atoms with Crippen molar-refractivity contribution in [3.63, 3.8) is 0 Å². The largest absolute Gasteiger partial charge is 0.442 e. The van der Waals surface area contributed by atoms with Crippen molar-refractivity contribution in [2.45, 2.75) is 0 Å². The van der Waals surface area contributed by atoms with Gasteiger partial charge in [-0.3, -0.25) is 5.32 Å². The molecule has 5 nitrogen and oxygen atoms in total. The average molecular weight is 144 g/mol. The lowest BCUT2D eigenvalue weighted by Crippen LogP contribution is -2.25. The normalized spacial score (nSPS) is 8.00. The fraction of sp³-hybridized carbons (Fsp3) is 0.600. The number of aliphatic hydroxyl groups is 1. The van der Waals surface area contributed by atoms with Gasteiger partial charge in [0.25, 0.3) is 0 Å². The summed E-state index contributed by atoms with van der Waals surface area (Å²) in [6, 6.07) is 0. The van der Waals surface area contributed by atoms with E-state index in [1.165, 1.54) is 0 Å². The highest BCUT2D eigenvalue weighted by Gasteiger charge is 1.98. The molecule has 0 heterocycles. The molecule has 0 aromatic rings. The van der Waals surface area contributed by atoms with Crippen LogP contribution in [-0.2, 0) is 4.74 Å². The van der Waals surface area contributed by atoms with Crippen molar-refractivity contribution >= 4 is 6.09 Å².